The summed E-state index contributed by atoms with van der Waals surface area (Å²) in [6.45, 7) is 4.29. The van der Waals surface area contributed by atoms with Crippen molar-refractivity contribution in [1.29, 1.82) is 0 Å². The first-order chi connectivity index (χ1) is 10.1. The number of pyridine rings is 1. The minimum atomic E-state index is -4.59. The number of aromatic nitrogens is 1. The Kier molecular flexibility index (Phi) is 4.67. The maximum absolute atomic E-state index is 12.7. The second-order valence-electron chi connectivity index (χ2n) is 5.65. The van der Waals surface area contributed by atoms with Crippen LogP contribution in [0.15, 0.2) is 6.07 Å². The number of nitrogens with two attached hydrogens (primary N) is 1. The third kappa shape index (κ3) is 3.35. The van der Waals surface area contributed by atoms with Gasteiger partial charge in [0.15, 0.2) is 0 Å². The van der Waals surface area contributed by atoms with Crippen molar-refractivity contribution in [2.45, 2.75) is 32.5 Å². The van der Waals surface area contributed by atoms with Crippen molar-refractivity contribution < 1.29 is 18.0 Å². The van der Waals surface area contributed by atoms with E-state index in [-0.39, 0.29) is 23.1 Å². The summed E-state index contributed by atoms with van der Waals surface area (Å²) in [5, 5.41) is -0.415. The van der Waals surface area contributed by atoms with Gasteiger partial charge in [0.2, 0.25) is 0 Å². The maximum atomic E-state index is 12.7. The van der Waals surface area contributed by atoms with E-state index < -0.39 is 22.9 Å². The minimum absolute atomic E-state index is 0.0278. The summed E-state index contributed by atoms with van der Waals surface area (Å²) in [4.78, 5) is 17.4. The molecule has 8 heteroatoms. The Labute approximate surface area is 131 Å². The zero-order valence-corrected chi connectivity index (χ0v) is 13.0. The second-order valence-corrected chi connectivity index (χ2v) is 6.01. The van der Waals surface area contributed by atoms with Crippen LogP contribution in [-0.2, 0) is 6.18 Å². The molecular formula is C14H17ClF3N3O. The number of aryl methyl sites for hydroxylation is 1. The number of hydrogen-bond donors (Lipinski definition) is 1. The summed E-state index contributed by atoms with van der Waals surface area (Å²) in [6.07, 6.45) is -3.82. The van der Waals surface area contributed by atoms with Crippen molar-refractivity contribution in [3.05, 3.63) is 28.0 Å². The largest absolute Gasteiger partial charge is 0.433 e. The fourth-order valence-corrected chi connectivity index (χ4v) is 2.92. The predicted octanol–water partition coefficient (Wildman–Crippen LogP) is 2.87. The van der Waals surface area contributed by atoms with Gasteiger partial charge in [-0.3, -0.25) is 4.79 Å². The molecule has 1 saturated heterocycles. The lowest BCUT2D eigenvalue weighted by molar-refractivity contribution is -0.141. The quantitative estimate of drug-likeness (QED) is 0.845. The Hall–Kier alpha value is -1.34. The molecule has 1 aliphatic heterocycles. The van der Waals surface area contributed by atoms with Gasteiger partial charge in [-0.2, -0.15) is 13.2 Å². The van der Waals surface area contributed by atoms with E-state index in [0.717, 1.165) is 12.5 Å². The molecule has 0 saturated carbocycles. The normalized spacial score (nSPS) is 20.3. The zero-order valence-electron chi connectivity index (χ0n) is 12.2. The predicted molar refractivity (Wildman–Crippen MR) is 76.6 cm³/mol. The van der Waals surface area contributed by atoms with Crippen molar-refractivity contribution in [2.75, 3.05) is 13.1 Å². The summed E-state index contributed by atoms with van der Waals surface area (Å²) in [6, 6.07) is 0.804. The first-order valence-electron chi connectivity index (χ1n) is 6.90. The molecule has 1 amide bonds. The van der Waals surface area contributed by atoms with Crippen LogP contribution >= 0.6 is 11.6 Å². The van der Waals surface area contributed by atoms with Crippen LogP contribution in [0, 0.1) is 12.8 Å². The van der Waals surface area contributed by atoms with Crippen LogP contribution in [0.5, 0.6) is 0 Å². The minimum Gasteiger partial charge on any atom is -0.338 e. The highest BCUT2D eigenvalue weighted by atomic mass is 35.5. The molecule has 4 nitrogen and oxygen atoms in total. The summed E-state index contributed by atoms with van der Waals surface area (Å²) in [5.41, 5.74) is 4.92. The van der Waals surface area contributed by atoms with Crippen molar-refractivity contribution in [3.63, 3.8) is 0 Å². The molecule has 2 rings (SSSR count). The van der Waals surface area contributed by atoms with Gasteiger partial charge in [-0.15, -0.1) is 0 Å². The fraction of sp³-hybridized carbons (Fsp3) is 0.571. The van der Waals surface area contributed by atoms with Crippen LogP contribution in [0.3, 0.4) is 0 Å². The van der Waals surface area contributed by atoms with Crippen LogP contribution in [0.25, 0.3) is 0 Å². The van der Waals surface area contributed by atoms with E-state index in [1.165, 1.54) is 6.92 Å². The molecule has 0 bridgehead atoms. The molecule has 1 aromatic rings. The van der Waals surface area contributed by atoms with E-state index >= 15 is 0 Å². The van der Waals surface area contributed by atoms with E-state index in [1.807, 2.05) is 6.92 Å². The smallest absolute Gasteiger partial charge is 0.338 e. The van der Waals surface area contributed by atoms with E-state index in [0.29, 0.717) is 13.1 Å². The van der Waals surface area contributed by atoms with Gasteiger partial charge in [0.05, 0.1) is 5.56 Å². The van der Waals surface area contributed by atoms with E-state index in [2.05, 4.69) is 4.98 Å². The van der Waals surface area contributed by atoms with Crippen LogP contribution in [-0.4, -0.2) is 34.9 Å². The Balaban J connectivity index is 2.28. The lowest BCUT2D eigenvalue weighted by Crippen LogP contribution is -2.33. The maximum Gasteiger partial charge on any atom is 0.433 e. The van der Waals surface area contributed by atoms with Gasteiger partial charge in [-0.1, -0.05) is 11.6 Å². The number of halogens is 4. The van der Waals surface area contributed by atoms with Crippen molar-refractivity contribution >= 4 is 17.5 Å². The number of alkyl halides is 3. The SMILES string of the molecule is Cc1cc(C(F)(F)F)nc(Cl)c1C(=O)N1CCC(C(C)N)C1. The molecule has 2 unspecified atom stereocenters. The third-order valence-corrected chi connectivity index (χ3v) is 4.21. The highest BCUT2D eigenvalue weighted by molar-refractivity contribution is 6.32. The topological polar surface area (TPSA) is 59.2 Å². The van der Waals surface area contributed by atoms with Crippen LogP contribution in [0.1, 0.15) is 35.0 Å². The third-order valence-electron chi connectivity index (χ3n) is 3.93. The van der Waals surface area contributed by atoms with Gasteiger partial charge in [-0.25, -0.2) is 4.98 Å². The van der Waals surface area contributed by atoms with Crippen LogP contribution in [0.2, 0.25) is 5.15 Å². The van der Waals surface area contributed by atoms with E-state index in [4.69, 9.17) is 17.3 Å². The van der Waals surface area contributed by atoms with Crippen LogP contribution < -0.4 is 5.73 Å². The Morgan fingerprint density at radius 1 is 1.55 bits per heavy atom. The van der Waals surface area contributed by atoms with E-state index in [9.17, 15) is 18.0 Å². The molecule has 1 aliphatic rings. The number of nitrogens with zero attached hydrogens (tertiary/aromatic N) is 2. The van der Waals surface area contributed by atoms with Gasteiger partial charge in [0.25, 0.3) is 5.91 Å². The van der Waals surface area contributed by atoms with Gasteiger partial charge < -0.3 is 10.6 Å². The van der Waals surface area contributed by atoms with Gasteiger partial charge in [0.1, 0.15) is 10.8 Å². The average Bonchev–Trinajstić information content (AvgIpc) is 2.86. The highest BCUT2D eigenvalue weighted by Gasteiger charge is 2.36. The molecule has 1 aromatic heterocycles. The molecule has 2 atom stereocenters. The molecule has 2 N–H and O–H groups in total. The molecule has 2 heterocycles. The summed E-state index contributed by atoms with van der Waals surface area (Å²) < 4.78 is 38.1. The standard InChI is InChI=1S/C14H17ClF3N3O/c1-7-5-10(14(16,17)18)20-12(15)11(7)13(22)21-4-3-9(6-21)8(2)19/h5,8-9H,3-4,6,19H2,1-2H3. The lowest BCUT2D eigenvalue weighted by atomic mass is 10.0. The Morgan fingerprint density at radius 3 is 2.64 bits per heavy atom. The Bertz CT molecular complexity index is 566. The molecule has 22 heavy (non-hydrogen) atoms. The molecule has 0 aromatic carbocycles. The Morgan fingerprint density at radius 2 is 2.18 bits per heavy atom. The molecule has 0 radical (unpaired) electrons. The lowest BCUT2D eigenvalue weighted by Gasteiger charge is -2.20. The monoisotopic (exact) mass is 335 g/mol. The second kappa shape index (κ2) is 6.04. The first kappa shape index (κ1) is 17.0. The zero-order chi connectivity index (χ0) is 16.7. The number of amides is 1. The summed E-state index contributed by atoms with van der Waals surface area (Å²) >= 11 is 5.83. The van der Waals surface area contributed by atoms with Crippen LogP contribution in [0.4, 0.5) is 13.2 Å². The van der Waals surface area contributed by atoms with Crippen molar-refractivity contribution in [3.8, 4) is 0 Å². The molecule has 122 valence electrons. The van der Waals surface area contributed by atoms with Gasteiger partial charge in [-0.05, 0) is 37.8 Å². The number of rotatable bonds is 2. The van der Waals surface area contributed by atoms with Gasteiger partial charge >= 0.3 is 6.18 Å². The average molecular weight is 336 g/mol. The first-order valence-corrected chi connectivity index (χ1v) is 7.28. The molecule has 0 aliphatic carbocycles. The molecule has 1 fully saturated rings. The van der Waals surface area contributed by atoms with Crippen molar-refractivity contribution in [2.24, 2.45) is 11.7 Å². The molecule has 0 spiro atoms. The highest BCUT2D eigenvalue weighted by Crippen LogP contribution is 2.32. The summed E-state index contributed by atoms with van der Waals surface area (Å²) in [7, 11) is 0. The number of likely N-dealkylation sites (tertiary alicyclic amines) is 1. The number of carbonyl (C=O) groups is 1. The van der Waals surface area contributed by atoms with Crippen molar-refractivity contribution in [1.82, 2.24) is 9.88 Å². The van der Waals surface area contributed by atoms with E-state index in [1.54, 1.807) is 4.90 Å². The number of carbonyl (C=O) groups excluding carboxylic acids is 1. The van der Waals surface area contributed by atoms with Gasteiger partial charge in [0, 0.05) is 19.1 Å². The molecular weight excluding hydrogens is 319 g/mol. The summed E-state index contributed by atoms with van der Waals surface area (Å²) in [5.74, 6) is -0.211. The number of hydrogen-bond acceptors (Lipinski definition) is 3. The fourth-order valence-electron chi connectivity index (χ4n) is 2.60.